The monoisotopic (exact) mass is 1180 g/mol. The fourth-order valence-electron chi connectivity index (χ4n) is 12.4. The van der Waals surface area contributed by atoms with Crippen molar-refractivity contribution in [3.05, 3.63) is 24.3 Å². The molecule has 6 nitrogen and oxygen atoms in total. The molecule has 2 unspecified atom stereocenters. The first-order chi connectivity index (χ1) is 41.5. The lowest BCUT2D eigenvalue weighted by Gasteiger charge is -2.22. The molecule has 1 amide bonds. The van der Waals surface area contributed by atoms with Gasteiger partial charge in [0.2, 0.25) is 5.91 Å². The highest BCUT2D eigenvalue weighted by Crippen LogP contribution is 2.20. The Kier molecular flexibility index (Phi) is 72.3. The van der Waals surface area contributed by atoms with Gasteiger partial charge in [-0.25, -0.2) is 0 Å². The molecule has 0 aliphatic heterocycles. The summed E-state index contributed by atoms with van der Waals surface area (Å²) in [6, 6.07) is -0.539. The van der Waals surface area contributed by atoms with Crippen LogP contribution in [0.5, 0.6) is 0 Å². The van der Waals surface area contributed by atoms with Gasteiger partial charge in [-0.3, -0.25) is 9.59 Å². The number of rotatable bonds is 73. The quantitative estimate of drug-likeness (QED) is 0.0320. The molecule has 84 heavy (non-hydrogen) atoms. The summed E-state index contributed by atoms with van der Waals surface area (Å²) < 4.78 is 5.51. The van der Waals surface area contributed by atoms with Gasteiger partial charge < -0.3 is 20.3 Å². The maximum atomic E-state index is 12.5. The van der Waals surface area contributed by atoms with Crippen LogP contribution >= 0.6 is 0 Å². The molecular weight excluding hydrogens is 1030 g/mol. The van der Waals surface area contributed by atoms with Crippen molar-refractivity contribution in [1.29, 1.82) is 0 Å². The summed E-state index contributed by atoms with van der Waals surface area (Å²) in [5.41, 5.74) is 0. The minimum Gasteiger partial charge on any atom is -0.466 e. The van der Waals surface area contributed by atoms with Crippen LogP contribution in [0, 0.1) is 0 Å². The predicted molar refractivity (Wildman–Crippen MR) is 370 cm³/mol. The summed E-state index contributed by atoms with van der Waals surface area (Å²) >= 11 is 0. The fourth-order valence-corrected chi connectivity index (χ4v) is 12.4. The average Bonchev–Trinajstić information content (AvgIpc) is 3.54. The van der Waals surface area contributed by atoms with Crippen molar-refractivity contribution in [2.75, 3.05) is 13.2 Å². The van der Waals surface area contributed by atoms with Gasteiger partial charge in [-0.2, -0.15) is 0 Å². The lowest BCUT2D eigenvalue weighted by molar-refractivity contribution is -0.143. The first-order valence-corrected chi connectivity index (χ1v) is 38.6. The van der Waals surface area contributed by atoms with E-state index in [0.717, 1.165) is 44.9 Å². The van der Waals surface area contributed by atoms with Gasteiger partial charge in [0, 0.05) is 12.8 Å². The molecule has 0 bridgehead atoms. The van der Waals surface area contributed by atoms with Crippen molar-refractivity contribution in [2.45, 2.75) is 450 Å². The number of hydrogen-bond donors (Lipinski definition) is 3. The molecule has 0 fully saturated rings. The second kappa shape index (κ2) is 73.8. The van der Waals surface area contributed by atoms with E-state index < -0.39 is 12.1 Å². The maximum Gasteiger partial charge on any atom is 0.305 e. The van der Waals surface area contributed by atoms with E-state index in [1.165, 1.54) is 360 Å². The molecule has 0 aromatic rings. The maximum absolute atomic E-state index is 12.5. The van der Waals surface area contributed by atoms with E-state index in [1.54, 1.807) is 0 Å². The van der Waals surface area contributed by atoms with Crippen LogP contribution in [0.2, 0.25) is 0 Å². The minimum atomic E-state index is -0.662. The van der Waals surface area contributed by atoms with E-state index >= 15 is 0 Å². The molecule has 3 N–H and O–H groups in total. The largest absolute Gasteiger partial charge is 0.466 e. The minimum absolute atomic E-state index is 0.0221. The third kappa shape index (κ3) is 69.4. The van der Waals surface area contributed by atoms with E-state index in [4.69, 9.17) is 4.74 Å². The summed E-state index contributed by atoms with van der Waals surface area (Å²) in [7, 11) is 0. The highest BCUT2D eigenvalue weighted by Gasteiger charge is 2.20. The van der Waals surface area contributed by atoms with Crippen molar-refractivity contribution in [3.63, 3.8) is 0 Å². The van der Waals surface area contributed by atoms with Crippen LogP contribution in [0.3, 0.4) is 0 Å². The Balaban J connectivity index is 3.34. The summed E-state index contributed by atoms with van der Waals surface area (Å²) in [6.07, 6.45) is 94.1. The molecular formula is C78H151NO5. The first kappa shape index (κ1) is 82.3. The summed E-state index contributed by atoms with van der Waals surface area (Å²) in [5.74, 6) is -0.00761. The molecule has 2 atom stereocenters. The number of aliphatic hydroxyl groups excluding tert-OH is 2. The van der Waals surface area contributed by atoms with Gasteiger partial charge >= 0.3 is 5.97 Å². The van der Waals surface area contributed by atoms with Crippen LogP contribution in [-0.2, 0) is 14.3 Å². The Morgan fingerprint density at radius 1 is 0.333 bits per heavy atom. The number of esters is 1. The van der Waals surface area contributed by atoms with Gasteiger partial charge in [-0.1, -0.05) is 391 Å². The topological polar surface area (TPSA) is 95.9 Å². The van der Waals surface area contributed by atoms with E-state index in [-0.39, 0.29) is 18.5 Å². The third-order valence-electron chi connectivity index (χ3n) is 18.3. The van der Waals surface area contributed by atoms with Gasteiger partial charge in [0.15, 0.2) is 0 Å². The summed E-state index contributed by atoms with van der Waals surface area (Å²) in [4.78, 5) is 24.6. The Morgan fingerprint density at radius 3 is 0.905 bits per heavy atom. The van der Waals surface area contributed by atoms with Crippen molar-refractivity contribution in [1.82, 2.24) is 5.32 Å². The summed E-state index contributed by atoms with van der Waals surface area (Å²) in [5, 5.41) is 23.3. The van der Waals surface area contributed by atoms with Crippen LogP contribution < -0.4 is 5.32 Å². The van der Waals surface area contributed by atoms with E-state index in [2.05, 4.69) is 43.5 Å². The second-order valence-electron chi connectivity index (χ2n) is 26.7. The zero-order valence-corrected chi connectivity index (χ0v) is 57.2. The molecule has 6 heteroatoms. The van der Waals surface area contributed by atoms with E-state index in [0.29, 0.717) is 25.9 Å². The highest BCUT2D eigenvalue weighted by molar-refractivity contribution is 5.76. The molecule has 0 saturated heterocycles. The van der Waals surface area contributed by atoms with Crippen molar-refractivity contribution < 1.29 is 24.5 Å². The Morgan fingerprint density at radius 2 is 0.595 bits per heavy atom. The number of carbonyl (C=O) groups is 2. The predicted octanol–water partition coefficient (Wildman–Crippen LogP) is 25.3. The smallest absolute Gasteiger partial charge is 0.305 e. The number of carbonyl (C=O) groups excluding carboxylic acids is 2. The van der Waals surface area contributed by atoms with Crippen molar-refractivity contribution >= 4 is 11.9 Å². The summed E-state index contributed by atoms with van der Waals surface area (Å²) in [6.45, 7) is 5.00. The van der Waals surface area contributed by atoms with Crippen LogP contribution in [0.15, 0.2) is 24.3 Å². The van der Waals surface area contributed by atoms with Crippen LogP contribution in [0.25, 0.3) is 0 Å². The van der Waals surface area contributed by atoms with Gasteiger partial charge in [0.25, 0.3) is 0 Å². The SMILES string of the molecule is CCCCCCCCCCCCCCCCCCCCC(=O)OCCCCCCCCCCCCC/C=C\C/C=C\CCCCCCCCCCCCCCCCCCCC(=O)NC(CO)C(O)CCCCCCCCCCCCCCCC. The number of unbranched alkanes of at least 4 members (excludes halogenated alkanes) is 58. The molecule has 0 aliphatic rings. The first-order valence-electron chi connectivity index (χ1n) is 38.6. The van der Waals surface area contributed by atoms with Crippen molar-refractivity contribution in [3.8, 4) is 0 Å². The van der Waals surface area contributed by atoms with E-state index in [1.807, 2.05) is 0 Å². The van der Waals surface area contributed by atoms with E-state index in [9.17, 15) is 19.8 Å². The van der Waals surface area contributed by atoms with Crippen LogP contribution in [0.1, 0.15) is 438 Å². The number of hydrogen-bond acceptors (Lipinski definition) is 5. The van der Waals surface area contributed by atoms with Gasteiger partial charge in [-0.15, -0.1) is 0 Å². The number of allylic oxidation sites excluding steroid dienone is 4. The number of aliphatic hydroxyl groups is 2. The van der Waals surface area contributed by atoms with Crippen molar-refractivity contribution in [2.24, 2.45) is 0 Å². The molecule has 0 aromatic carbocycles. The molecule has 0 heterocycles. The molecule has 498 valence electrons. The Bertz CT molecular complexity index is 1320. The Labute approximate surface area is 526 Å². The third-order valence-corrected chi connectivity index (χ3v) is 18.3. The lowest BCUT2D eigenvalue weighted by atomic mass is 10.0. The normalized spacial score (nSPS) is 12.6. The molecule has 0 spiro atoms. The highest BCUT2D eigenvalue weighted by atomic mass is 16.5. The molecule has 0 aliphatic carbocycles. The second-order valence-corrected chi connectivity index (χ2v) is 26.7. The average molecular weight is 1180 g/mol. The zero-order valence-electron chi connectivity index (χ0n) is 57.2. The number of nitrogens with one attached hydrogen (secondary N) is 1. The zero-order chi connectivity index (χ0) is 60.6. The molecule has 0 radical (unpaired) electrons. The van der Waals surface area contributed by atoms with Gasteiger partial charge in [0.05, 0.1) is 25.4 Å². The van der Waals surface area contributed by atoms with Crippen LogP contribution in [-0.4, -0.2) is 47.4 Å². The Hall–Kier alpha value is -1.66. The molecule has 0 rings (SSSR count). The number of ether oxygens (including phenoxy) is 1. The van der Waals surface area contributed by atoms with Gasteiger partial charge in [0.1, 0.15) is 0 Å². The van der Waals surface area contributed by atoms with Crippen LogP contribution in [0.4, 0.5) is 0 Å². The molecule has 0 saturated carbocycles. The number of amides is 1. The molecule has 0 aromatic heterocycles. The fraction of sp³-hybridized carbons (Fsp3) is 0.923. The van der Waals surface area contributed by atoms with Gasteiger partial charge in [-0.05, 0) is 57.8 Å². The standard InChI is InChI=1S/C78H151NO5/c1-3-5-7-9-11-13-15-17-19-20-41-44-48-52-56-60-64-68-72-78(83)84-73-69-65-61-57-53-49-45-42-39-37-35-33-31-29-27-25-23-21-22-24-26-28-30-32-34-36-38-40-43-47-51-55-59-63-67-71-77(82)79-75(74-80)76(81)70-66-62-58-54-50-46-18-16-14-12-10-8-6-4-2/h23,25,29,31,75-76,80-81H,3-22,24,26-28,30,32-74H2,1-2H3,(H,79,82)/b25-23-,31-29-. The lowest BCUT2D eigenvalue weighted by Crippen LogP contribution is -2.45.